The lowest BCUT2D eigenvalue weighted by molar-refractivity contribution is 0.437. The Morgan fingerprint density at radius 1 is 1.17 bits per heavy atom. The lowest BCUT2D eigenvalue weighted by Crippen LogP contribution is -2.31. The van der Waals surface area contributed by atoms with Crippen LogP contribution in [-0.2, 0) is 0 Å². The van der Waals surface area contributed by atoms with Gasteiger partial charge in [0.2, 0.25) is 0 Å². The Bertz CT molecular complexity index is 1110. The number of aromatic hydroxyl groups is 1. The smallest absolute Gasteiger partial charge is 0.344 e. The number of benzene rings is 2. The molecule has 3 aromatic rings. The van der Waals surface area contributed by atoms with E-state index in [1.807, 2.05) is 32.9 Å². The van der Waals surface area contributed by atoms with Gasteiger partial charge in [0, 0.05) is 16.6 Å². The molecule has 1 aliphatic heterocycles. The van der Waals surface area contributed by atoms with E-state index in [0.717, 1.165) is 22.9 Å². The van der Waals surface area contributed by atoms with Gasteiger partial charge in [-0.3, -0.25) is 0 Å². The third kappa shape index (κ3) is 1.94. The van der Waals surface area contributed by atoms with E-state index >= 15 is 0 Å². The minimum absolute atomic E-state index is 0.164. The molecule has 0 atom stereocenters. The minimum Gasteiger partial charge on any atom is -0.504 e. The van der Waals surface area contributed by atoms with Gasteiger partial charge < -0.3 is 14.8 Å². The van der Waals surface area contributed by atoms with E-state index in [9.17, 15) is 14.3 Å². The van der Waals surface area contributed by atoms with E-state index in [1.165, 1.54) is 6.07 Å². The average Bonchev–Trinajstić information content (AvgIpc) is 2.49. The SMILES string of the molecule is CC1=CC(C)(C)Nc2ccc3c(c21)c(=O)oc1ccc(F)c(O)c13. The number of fused-ring (bicyclic) bond motifs is 5. The number of allylic oxidation sites excluding steroid dienone is 1. The van der Waals surface area contributed by atoms with E-state index in [-0.39, 0.29) is 16.5 Å². The molecule has 1 aromatic heterocycles. The predicted octanol–water partition coefficient (Wildman–Crippen LogP) is 4.40. The van der Waals surface area contributed by atoms with Crippen molar-refractivity contribution in [3.05, 3.63) is 52.1 Å². The lowest BCUT2D eigenvalue weighted by atomic mass is 9.88. The summed E-state index contributed by atoms with van der Waals surface area (Å²) in [5.41, 5.74) is 1.89. The summed E-state index contributed by atoms with van der Waals surface area (Å²) >= 11 is 0. The second-order valence-electron chi connectivity index (χ2n) is 6.74. The second-order valence-corrected chi connectivity index (χ2v) is 6.74. The molecule has 24 heavy (non-hydrogen) atoms. The van der Waals surface area contributed by atoms with Crippen LogP contribution in [0.3, 0.4) is 0 Å². The zero-order valence-corrected chi connectivity index (χ0v) is 13.5. The predicted molar refractivity (Wildman–Crippen MR) is 93.0 cm³/mol. The lowest BCUT2D eigenvalue weighted by Gasteiger charge is -2.31. The molecule has 0 unspecified atom stereocenters. The van der Waals surface area contributed by atoms with E-state index in [0.29, 0.717) is 10.8 Å². The summed E-state index contributed by atoms with van der Waals surface area (Å²) in [5.74, 6) is -1.26. The highest BCUT2D eigenvalue weighted by Crippen LogP contribution is 2.41. The number of anilines is 1. The molecule has 2 heterocycles. The van der Waals surface area contributed by atoms with Gasteiger partial charge in [0.25, 0.3) is 0 Å². The molecule has 0 amide bonds. The van der Waals surface area contributed by atoms with Gasteiger partial charge in [-0.1, -0.05) is 12.1 Å². The molecule has 4 nitrogen and oxygen atoms in total. The minimum atomic E-state index is -0.748. The summed E-state index contributed by atoms with van der Waals surface area (Å²) in [6.07, 6.45) is 2.03. The quantitative estimate of drug-likeness (QED) is 0.475. The number of rotatable bonds is 0. The monoisotopic (exact) mass is 325 g/mol. The fourth-order valence-electron chi connectivity index (χ4n) is 3.58. The highest BCUT2D eigenvalue weighted by molar-refractivity contribution is 6.12. The van der Waals surface area contributed by atoms with E-state index < -0.39 is 17.2 Å². The zero-order chi connectivity index (χ0) is 17.2. The van der Waals surface area contributed by atoms with Crippen LogP contribution in [0.4, 0.5) is 10.1 Å². The first-order valence-corrected chi connectivity index (χ1v) is 7.67. The largest absolute Gasteiger partial charge is 0.504 e. The van der Waals surface area contributed by atoms with Crippen molar-refractivity contribution in [2.24, 2.45) is 0 Å². The maximum absolute atomic E-state index is 13.8. The Morgan fingerprint density at radius 3 is 2.67 bits per heavy atom. The molecule has 0 saturated heterocycles. The van der Waals surface area contributed by atoms with Gasteiger partial charge in [0.1, 0.15) is 5.58 Å². The maximum atomic E-state index is 13.8. The van der Waals surface area contributed by atoms with Crippen LogP contribution in [0.1, 0.15) is 26.3 Å². The number of phenolic OH excluding ortho intramolecular Hbond substituents is 1. The van der Waals surface area contributed by atoms with Crippen LogP contribution in [0, 0.1) is 5.82 Å². The Hall–Kier alpha value is -2.82. The Kier molecular flexibility index (Phi) is 2.83. The third-order valence-corrected chi connectivity index (χ3v) is 4.40. The molecule has 5 heteroatoms. The molecule has 0 aliphatic carbocycles. The number of hydrogen-bond donors (Lipinski definition) is 2. The van der Waals surface area contributed by atoms with Crippen molar-refractivity contribution < 1.29 is 13.9 Å². The van der Waals surface area contributed by atoms with Gasteiger partial charge in [-0.25, -0.2) is 9.18 Å². The molecule has 4 rings (SSSR count). The summed E-state index contributed by atoms with van der Waals surface area (Å²) < 4.78 is 19.1. The molecule has 2 N–H and O–H groups in total. The van der Waals surface area contributed by atoms with Crippen LogP contribution in [0.25, 0.3) is 27.3 Å². The summed E-state index contributed by atoms with van der Waals surface area (Å²) in [6, 6.07) is 6.00. The first-order chi connectivity index (χ1) is 11.3. The van der Waals surface area contributed by atoms with Crippen LogP contribution in [0.15, 0.2) is 39.6 Å². The number of hydrogen-bond acceptors (Lipinski definition) is 4. The molecular weight excluding hydrogens is 309 g/mol. The van der Waals surface area contributed by atoms with Crippen molar-refractivity contribution in [2.75, 3.05) is 5.32 Å². The third-order valence-electron chi connectivity index (χ3n) is 4.40. The van der Waals surface area contributed by atoms with Crippen molar-refractivity contribution in [2.45, 2.75) is 26.3 Å². The summed E-state index contributed by atoms with van der Waals surface area (Å²) in [6.45, 7) is 6.00. The number of phenols is 1. The van der Waals surface area contributed by atoms with Gasteiger partial charge in [0.15, 0.2) is 11.6 Å². The average molecular weight is 325 g/mol. The van der Waals surface area contributed by atoms with E-state index in [2.05, 4.69) is 5.32 Å². The van der Waals surface area contributed by atoms with Gasteiger partial charge in [-0.15, -0.1) is 0 Å². The molecule has 0 radical (unpaired) electrons. The normalized spacial score (nSPS) is 15.9. The number of nitrogens with one attached hydrogen (secondary N) is 1. The number of halogens is 1. The van der Waals surface area contributed by atoms with Crippen molar-refractivity contribution in [3.63, 3.8) is 0 Å². The Labute approximate surface area is 137 Å². The standard InChI is InChI=1S/C19H16FNO3/c1-9-8-19(2,3)21-12-6-4-10-15-13(7-5-11(20)17(15)22)24-18(23)16(10)14(9)12/h4-8,21-22H,1-3H3. The fourth-order valence-corrected chi connectivity index (χ4v) is 3.58. The second kappa shape index (κ2) is 4.60. The van der Waals surface area contributed by atoms with Gasteiger partial charge in [-0.05, 0) is 44.5 Å². The van der Waals surface area contributed by atoms with Crippen molar-refractivity contribution >= 4 is 33.0 Å². The Morgan fingerprint density at radius 2 is 1.92 bits per heavy atom. The van der Waals surface area contributed by atoms with Crippen LogP contribution >= 0.6 is 0 Å². The van der Waals surface area contributed by atoms with E-state index in [1.54, 1.807) is 6.07 Å². The van der Waals surface area contributed by atoms with Crippen LogP contribution in [-0.4, -0.2) is 10.6 Å². The molecule has 1 aliphatic rings. The van der Waals surface area contributed by atoms with Crippen molar-refractivity contribution in [1.29, 1.82) is 0 Å². The molecule has 0 spiro atoms. The summed E-state index contributed by atoms with van der Waals surface area (Å²) in [5, 5.41) is 14.5. The Balaban J connectivity index is 2.23. The summed E-state index contributed by atoms with van der Waals surface area (Å²) in [4.78, 5) is 12.6. The first-order valence-electron chi connectivity index (χ1n) is 7.67. The van der Waals surface area contributed by atoms with E-state index in [4.69, 9.17) is 4.42 Å². The first kappa shape index (κ1) is 14.8. The molecule has 0 saturated carbocycles. The zero-order valence-electron chi connectivity index (χ0n) is 13.5. The van der Waals surface area contributed by atoms with Gasteiger partial charge in [0.05, 0.1) is 16.3 Å². The molecular formula is C19H16FNO3. The highest BCUT2D eigenvalue weighted by Gasteiger charge is 2.26. The molecule has 2 aromatic carbocycles. The maximum Gasteiger partial charge on any atom is 0.344 e. The van der Waals surface area contributed by atoms with Crippen LogP contribution < -0.4 is 10.9 Å². The highest BCUT2D eigenvalue weighted by atomic mass is 19.1. The van der Waals surface area contributed by atoms with Gasteiger partial charge >= 0.3 is 5.63 Å². The van der Waals surface area contributed by atoms with Crippen LogP contribution in [0.2, 0.25) is 0 Å². The molecule has 0 bridgehead atoms. The fraction of sp³-hybridized carbons (Fsp3) is 0.211. The topological polar surface area (TPSA) is 62.5 Å². The van der Waals surface area contributed by atoms with Crippen molar-refractivity contribution in [3.8, 4) is 5.75 Å². The molecule has 122 valence electrons. The van der Waals surface area contributed by atoms with Gasteiger partial charge in [-0.2, -0.15) is 0 Å². The molecule has 0 fully saturated rings. The van der Waals surface area contributed by atoms with Crippen molar-refractivity contribution in [1.82, 2.24) is 0 Å². The van der Waals surface area contributed by atoms with Crippen LogP contribution in [0.5, 0.6) is 5.75 Å². The summed E-state index contributed by atoms with van der Waals surface area (Å²) in [7, 11) is 0.